The summed E-state index contributed by atoms with van der Waals surface area (Å²) in [6, 6.07) is 18.4. The van der Waals surface area contributed by atoms with Crippen LogP contribution in [0.1, 0.15) is 25.3 Å². The van der Waals surface area contributed by atoms with Crippen LogP contribution in [0.3, 0.4) is 0 Å². The van der Waals surface area contributed by atoms with E-state index in [0.29, 0.717) is 5.69 Å². The number of nitrogens with one attached hydrogen (secondary N) is 1. The highest BCUT2D eigenvalue weighted by Gasteiger charge is 2.11. The first kappa shape index (κ1) is 19.0. The SMILES string of the molecule is CC(C)c1ccccc1NC(=O)Cn1nc(-c2ccc(Br)cc2)ccc1=O. The van der Waals surface area contributed by atoms with Gasteiger partial charge in [0.05, 0.1) is 5.69 Å². The van der Waals surface area contributed by atoms with Crippen molar-refractivity contribution in [1.29, 1.82) is 0 Å². The number of hydrogen-bond acceptors (Lipinski definition) is 3. The van der Waals surface area contributed by atoms with E-state index in [2.05, 4.69) is 40.2 Å². The molecule has 0 bridgehead atoms. The lowest BCUT2D eigenvalue weighted by atomic mass is 10.0. The van der Waals surface area contributed by atoms with Crippen LogP contribution in [0.5, 0.6) is 0 Å². The van der Waals surface area contributed by atoms with Gasteiger partial charge in [-0.3, -0.25) is 9.59 Å². The highest BCUT2D eigenvalue weighted by molar-refractivity contribution is 9.10. The van der Waals surface area contributed by atoms with Crippen LogP contribution in [0.2, 0.25) is 0 Å². The molecular weight excluding hydrogens is 406 g/mol. The van der Waals surface area contributed by atoms with E-state index < -0.39 is 0 Å². The molecule has 1 amide bonds. The number of hydrogen-bond donors (Lipinski definition) is 1. The molecule has 0 aliphatic heterocycles. The lowest BCUT2D eigenvalue weighted by Gasteiger charge is -2.14. The summed E-state index contributed by atoms with van der Waals surface area (Å²) in [5, 5.41) is 7.23. The number of nitrogens with zero attached hydrogens (tertiary/aromatic N) is 2. The minimum atomic E-state index is -0.317. The van der Waals surface area contributed by atoms with E-state index in [1.807, 2.05) is 48.5 Å². The normalized spacial score (nSPS) is 10.8. The maximum atomic E-state index is 12.5. The predicted molar refractivity (Wildman–Crippen MR) is 111 cm³/mol. The van der Waals surface area contributed by atoms with E-state index in [4.69, 9.17) is 0 Å². The van der Waals surface area contributed by atoms with Crippen LogP contribution in [-0.2, 0) is 11.3 Å². The van der Waals surface area contributed by atoms with Crippen molar-refractivity contribution in [2.45, 2.75) is 26.3 Å². The van der Waals surface area contributed by atoms with Crippen LogP contribution >= 0.6 is 15.9 Å². The Kier molecular flexibility index (Phi) is 5.86. The van der Waals surface area contributed by atoms with Gasteiger partial charge in [0.2, 0.25) is 5.91 Å². The molecule has 3 aromatic rings. The third kappa shape index (κ3) is 4.71. The van der Waals surface area contributed by atoms with Crippen LogP contribution in [0, 0.1) is 0 Å². The fourth-order valence-electron chi connectivity index (χ4n) is 2.78. The van der Waals surface area contributed by atoms with E-state index in [-0.39, 0.29) is 23.9 Å². The molecule has 0 unspecified atom stereocenters. The number of aromatic nitrogens is 2. The van der Waals surface area contributed by atoms with Crippen molar-refractivity contribution in [3.63, 3.8) is 0 Å². The van der Waals surface area contributed by atoms with E-state index in [1.165, 1.54) is 10.7 Å². The molecule has 138 valence electrons. The summed E-state index contributed by atoms with van der Waals surface area (Å²) < 4.78 is 2.15. The molecule has 1 aromatic heterocycles. The molecule has 6 heteroatoms. The number of rotatable bonds is 5. The Bertz CT molecular complexity index is 1010. The molecule has 0 saturated heterocycles. The van der Waals surface area contributed by atoms with Gasteiger partial charge in [-0.15, -0.1) is 0 Å². The molecule has 0 fully saturated rings. The van der Waals surface area contributed by atoms with Gasteiger partial charge >= 0.3 is 0 Å². The van der Waals surface area contributed by atoms with Gasteiger partial charge in [0.25, 0.3) is 5.56 Å². The standard InChI is InChI=1S/C21H20BrN3O2/c1-14(2)17-5-3-4-6-19(17)23-20(26)13-25-21(27)12-11-18(24-25)15-7-9-16(22)10-8-15/h3-12,14H,13H2,1-2H3,(H,23,26). The van der Waals surface area contributed by atoms with Crippen LogP contribution in [0.4, 0.5) is 5.69 Å². The highest BCUT2D eigenvalue weighted by Crippen LogP contribution is 2.23. The monoisotopic (exact) mass is 425 g/mol. The van der Waals surface area contributed by atoms with Crippen molar-refractivity contribution in [2.24, 2.45) is 0 Å². The molecule has 0 saturated carbocycles. The Balaban J connectivity index is 1.81. The molecule has 1 N–H and O–H groups in total. The average molecular weight is 426 g/mol. The van der Waals surface area contributed by atoms with Crippen molar-refractivity contribution >= 4 is 27.5 Å². The Morgan fingerprint density at radius 2 is 1.78 bits per heavy atom. The lowest BCUT2D eigenvalue weighted by Crippen LogP contribution is -2.29. The first-order chi connectivity index (χ1) is 12.9. The molecule has 27 heavy (non-hydrogen) atoms. The average Bonchev–Trinajstić information content (AvgIpc) is 2.64. The smallest absolute Gasteiger partial charge is 0.267 e. The second-order valence-corrected chi connectivity index (χ2v) is 7.43. The van der Waals surface area contributed by atoms with Gasteiger partial charge in [0.1, 0.15) is 6.54 Å². The maximum absolute atomic E-state index is 12.5. The van der Waals surface area contributed by atoms with Crippen molar-refractivity contribution in [2.75, 3.05) is 5.32 Å². The highest BCUT2D eigenvalue weighted by atomic mass is 79.9. The number of amides is 1. The number of benzene rings is 2. The Morgan fingerprint density at radius 3 is 2.48 bits per heavy atom. The number of para-hydroxylation sites is 1. The molecule has 1 heterocycles. The van der Waals surface area contributed by atoms with E-state index in [9.17, 15) is 9.59 Å². The van der Waals surface area contributed by atoms with Crippen molar-refractivity contribution in [3.8, 4) is 11.3 Å². The number of carbonyl (C=O) groups excluding carboxylic acids is 1. The van der Waals surface area contributed by atoms with Gasteiger partial charge in [0.15, 0.2) is 0 Å². The number of anilines is 1. The molecule has 0 spiro atoms. The second-order valence-electron chi connectivity index (χ2n) is 6.51. The summed E-state index contributed by atoms with van der Waals surface area (Å²) in [4.78, 5) is 24.6. The molecule has 2 aromatic carbocycles. The number of carbonyl (C=O) groups is 1. The van der Waals surface area contributed by atoms with Gasteiger partial charge in [-0.1, -0.05) is 60.1 Å². The van der Waals surface area contributed by atoms with Gasteiger partial charge in [0, 0.05) is 21.8 Å². The van der Waals surface area contributed by atoms with E-state index >= 15 is 0 Å². The van der Waals surface area contributed by atoms with Gasteiger partial charge in [-0.25, -0.2) is 4.68 Å². The minimum absolute atomic E-state index is 0.143. The van der Waals surface area contributed by atoms with Crippen LogP contribution in [-0.4, -0.2) is 15.7 Å². The molecular formula is C21H20BrN3O2. The summed E-state index contributed by atoms with van der Waals surface area (Å²) in [6.45, 7) is 3.99. The Labute approximate surface area is 166 Å². The lowest BCUT2D eigenvalue weighted by molar-refractivity contribution is -0.117. The largest absolute Gasteiger partial charge is 0.324 e. The van der Waals surface area contributed by atoms with Crippen LogP contribution < -0.4 is 10.9 Å². The summed E-state index contributed by atoms with van der Waals surface area (Å²) in [5.74, 6) is -0.00580. The Hall–Kier alpha value is -2.73. The summed E-state index contributed by atoms with van der Waals surface area (Å²) >= 11 is 3.40. The predicted octanol–water partition coefficient (Wildman–Crippen LogP) is 4.43. The zero-order valence-electron chi connectivity index (χ0n) is 15.1. The summed E-state index contributed by atoms with van der Waals surface area (Å²) in [7, 11) is 0. The zero-order valence-corrected chi connectivity index (χ0v) is 16.7. The third-order valence-electron chi connectivity index (χ3n) is 4.16. The fraction of sp³-hybridized carbons (Fsp3) is 0.190. The summed E-state index contributed by atoms with van der Waals surface area (Å²) in [5.41, 5.74) is 3.00. The first-order valence-electron chi connectivity index (χ1n) is 8.67. The van der Waals surface area contributed by atoms with Gasteiger partial charge in [-0.2, -0.15) is 5.10 Å². The third-order valence-corrected chi connectivity index (χ3v) is 4.69. The second kappa shape index (κ2) is 8.31. The van der Waals surface area contributed by atoms with Crippen LogP contribution in [0.15, 0.2) is 69.9 Å². The zero-order chi connectivity index (χ0) is 19.4. The summed E-state index contributed by atoms with van der Waals surface area (Å²) in [6.07, 6.45) is 0. The minimum Gasteiger partial charge on any atom is -0.324 e. The Morgan fingerprint density at radius 1 is 1.07 bits per heavy atom. The van der Waals surface area contributed by atoms with Crippen LogP contribution in [0.25, 0.3) is 11.3 Å². The topological polar surface area (TPSA) is 64.0 Å². The van der Waals surface area contributed by atoms with Crippen molar-refractivity contribution < 1.29 is 4.79 Å². The maximum Gasteiger partial charge on any atom is 0.267 e. The van der Waals surface area contributed by atoms with Crippen molar-refractivity contribution in [1.82, 2.24) is 9.78 Å². The van der Waals surface area contributed by atoms with Gasteiger partial charge in [-0.05, 0) is 35.7 Å². The molecule has 0 radical (unpaired) electrons. The number of halogens is 1. The van der Waals surface area contributed by atoms with Crippen molar-refractivity contribution in [3.05, 3.63) is 81.1 Å². The van der Waals surface area contributed by atoms with E-state index in [1.54, 1.807) is 6.07 Å². The van der Waals surface area contributed by atoms with E-state index in [0.717, 1.165) is 21.3 Å². The first-order valence-corrected chi connectivity index (χ1v) is 9.46. The quantitative estimate of drug-likeness (QED) is 0.657. The molecule has 0 atom stereocenters. The molecule has 3 rings (SSSR count). The molecule has 5 nitrogen and oxygen atoms in total. The molecule has 0 aliphatic carbocycles. The molecule has 0 aliphatic rings. The fourth-order valence-corrected chi connectivity index (χ4v) is 3.04. The van der Waals surface area contributed by atoms with Gasteiger partial charge < -0.3 is 5.32 Å².